The van der Waals surface area contributed by atoms with Crippen molar-refractivity contribution in [3.05, 3.63) is 76.0 Å². The molecule has 2 heterocycles. The third kappa shape index (κ3) is 3.57. The minimum Gasteiger partial charge on any atom is -0.467 e. The van der Waals surface area contributed by atoms with Gasteiger partial charge in [0.05, 0.1) is 12.0 Å². The minimum atomic E-state index is -0.186. The fourth-order valence-corrected chi connectivity index (χ4v) is 3.57. The molecule has 0 saturated heterocycles. The van der Waals surface area contributed by atoms with E-state index in [9.17, 15) is 4.79 Å². The molecule has 0 aliphatic rings. The zero-order valence-electron chi connectivity index (χ0n) is 16.0. The SMILES string of the molecule is Cc1cc(C)c(C(=O)NCC(c2ccco2)n2nc(C)cc2C)c(C)c1. The standard InChI is InChI=1S/C21H25N3O2/c1-13-9-14(2)20(15(3)10-13)21(25)22-12-18(19-7-6-8-26-19)24-17(5)11-16(4)23-24/h6-11,18H,12H2,1-5H3,(H,22,25). The molecule has 5 nitrogen and oxygen atoms in total. The summed E-state index contributed by atoms with van der Waals surface area (Å²) in [6.45, 7) is 10.4. The number of carbonyl (C=O) groups is 1. The van der Waals surface area contributed by atoms with E-state index in [-0.39, 0.29) is 11.9 Å². The first kappa shape index (κ1) is 18.0. The summed E-state index contributed by atoms with van der Waals surface area (Å²) in [4.78, 5) is 12.8. The van der Waals surface area contributed by atoms with Gasteiger partial charge in [0.1, 0.15) is 11.8 Å². The second kappa shape index (κ2) is 7.20. The van der Waals surface area contributed by atoms with Crippen molar-refractivity contribution < 1.29 is 9.21 Å². The highest BCUT2D eigenvalue weighted by atomic mass is 16.3. The fourth-order valence-electron chi connectivity index (χ4n) is 3.57. The molecule has 0 aliphatic heterocycles. The van der Waals surface area contributed by atoms with Crippen LogP contribution in [0.15, 0.2) is 41.0 Å². The summed E-state index contributed by atoms with van der Waals surface area (Å²) in [5.74, 6) is 0.701. The summed E-state index contributed by atoms with van der Waals surface area (Å²) < 4.78 is 7.51. The summed E-state index contributed by atoms with van der Waals surface area (Å²) >= 11 is 0. The van der Waals surface area contributed by atoms with Gasteiger partial charge in [0.15, 0.2) is 0 Å². The molecule has 0 aliphatic carbocycles. The average molecular weight is 351 g/mol. The van der Waals surface area contributed by atoms with Crippen molar-refractivity contribution in [1.82, 2.24) is 15.1 Å². The Kier molecular flexibility index (Phi) is 4.98. The number of rotatable bonds is 5. The highest BCUT2D eigenvalue weighted by molar-refractivity contribution is 5.97. The van der Waals surface area contributed by atoms with E-state index in [2.05, 4.69) is 10.4 Å². The van der Waals surface area contributed by atoms with Crippen LogP contribution in [0, 0.1) is 34.6 Å². The van der Waals surface area contributed by atoms with Crippen LogP contribution in [-0.2, 0) is 0 Å². The number of benzene rings is 1. The van der Waals surface area contributed by atoms with Crippen LogP contribution in [0.5, 0.6) is 0 Å². The molecule has 0 spiro atoms. The second-order valence-corrected chi connectivity index (χ2v) is 6.89. The number of furan rings is 1. The van der Waals surface area contributed by atoms with E-state index in [1.54, 1.807) is 6.26 Å². The van der Waals surface area contributed by atoms with Crippen molar-refractivity contribution in [2.24, 2.45) is 0 Å². The van der Waals surface area contributed by atoms with Crippen LogP contribution in [0.4, 0.5) is 0 Å². The van der Waals surface area contributed by atoms with Crippen LogP contribution in [-0.4, -0.2) is 22.2 Å². The van der Waals surface area contributed by atoms with Gasteiger partial charge in [-0.1, -0.05) is 17.7 Å². The normalized spacial score (nSPS) is 12.2. The van der Waals surface area contributed by atoms with Crippen molar-refractivity contribution in [3.8, 4) is 0 Å². The Labute approximate surface area is 154 Å². The number of carbonyl (C=O) groups excluding carboxylic acids is 1. The molecule has 3 aromatic rings. The van der Waals surface area contributed by atoms with Gasteiger partial charge in [0.25, 0.3) is 5.91 Å². The molecule has 26 heavy (non-hydrogen) atoms. The molecule has 0 radical (unpaired) electrons. The topological polar surface area (TPSA) is 60.1 Å². The van der Waals surface area contributed by atoms with Gasteiger partial charge >= 0.3 is 0 Å². The molecule has 2 aromatic heterocycles. The number of nitrogens with one attached hydrogen (secondary N) is 1. The lowest BCUT2D eigenvalue weighted by Crippen LogP contribution is -2.32. The van der Waals surface area contributed by atoms with Gasteiger partial charge in [-0.15, -0.1) is 0 Å². The molecule has 5 heteroatoms. The Morgan fingerprint density at radius 1 is 1.15 bits per heavy atom. The third-order valence-electron chi connectivity index (χ3n) is 4.57. The van der Waals surface area contributed by atoms with Crippen LogP contribution in [0.1, 0.15) is 50.2 Å². The van der Waals surface area contributed by atoms with E-state index < -0.39 is 0 Å². The van der Waals surface area contributed by atoms with Crippen LogP contribution < -0.4 is 5.32 Å². The smallest absolute Gasteiger partial charge is 0.251 e. The lowest BCUT2D eigenvalue weighted by molar-refractivity contribution is 0.0946. The van der Waals surface area contributed by atoms with E-state index in [4.69, 9.17) is 4.42 Å². The number of nitrogens with zero attached hydrogens (tertiary/aromatic N) is 2. The average Bonchev–Trinajstić information content (AvgIpc) is 3.17. The van der Waals surface area contributed by atoms with Crippen LogP contribution >= 0.6 is 0 Å². The second-order valence-electron chi connectivity index (χ2n) is 6.89. The van der Waals surface area contributed by atoms with Gasteiger partial charge in [-0.3, -0.25) is 9.48 Å². The van der Waals surface area contributed by atoms with E-state index in [0.717, 1.165) is 39.4 Å². The zero-order valence-corrected chi connectivity index (χ0v) is 16.0. The van der Waals surface area contributed by atoms with Crippen LogP contribution in [0.3, 0.4) is 0 Å². The zero-order chi connectivity index (χ0) is 18.8. The van der Waals surface area contributed by atoms with Gasteiger partial charge in [0, 0.05) is 17.8 Å². The number of hydrogen-bond donors (Lipinski definition) is 1. The molecular weight excluding hydrogens is 326 g/mol. The van der Waals surface area contributed by atoms with Gasteiger partial charge in [-0.05, 0) is 63.9 Å². The molecule has 136 valence electrons. The summed E-state index contributed by atoms with van der Waals surface area (Å²) in [5, 5.41) is 7.63. The number of aromatic nitrogens is 2. The predicted octanol–water partition coefficient (Wildman–Crippen LogP) is 4.04. The molecule has 0 saturated carbocycles. The Morgan fingerprint density at radius 3 is 2.38 bits per heavy atom. The Morgan fingerprint density at radius 2 is 1.85 bits per heavy atom. The maximum atomic E-state index is 12.8. The van der Waals surface area contributed by atoms with E-state index in [1.807, 2.05) is 69.6 Å². The highest BCUT2D eigenvalue weighted by Crippen LogP contribution is 2.21. The molecule has 3 rings (SSSR count). The monoisotopic (exact) mass is 351 g/mol. The third-order valence-corrected chi connectivity index (χ3v) is 4.57. The van der Waals surface area contributed by atoms with Gasteiger partial charge < -0.3 is 9.73 Å². The first-order chi connectivity index (χ1) is 12.4. The van der Waals surface area contributed by atoms with Crippen molar-refractivity contribution in [3.63, 3.8) is 0 Å². The maximum Gasteiger partial charge on any atom is 0.251 e. The summed E-state index contributed by atoms with van der Waals surface area (Å²) in [5.41, 5.74) is 5.84. The van der Waals surface area contributed by atoms with Crippen molar-refractivity contribution in [2.75, 3.05) is 6.54 Å². The molecule has 1 atom stereocenters. The van der Waals surface area contributed by atoms with E-state index >= 15 is 0 Å². The quantitative estimate of drug-likeness (QED) is 0.755. The van der Waals surface area contributed by atoms with Crippen LogP contribution in [0.25, 0.3) is 0 Å². The lowest BCUT2D eigenvalue weighted by atomic mass is 9.99. The van der Waals surface area contributed by atoms with Gasteiger partial charge in [-0.2, -0.15) is 5.10 Å². The molecular formula is C21H25N3O2. The molecule has 0 bridgehead atoms. The summed E-state index contributed by atoms with van der Waals surface area (Å²) in [6.07, 6.45) is 1.64. The van der Waals surface area contributed by atoms with Gasteiger partial charge in [-0.25, -0.2) is 0 Å². The number of amides is 1. The summed E-state index contributed by atoms with van der Waals surface area (Å²) in [6, 6.07) is 9.67. The molecule has 1 aromatic carbocycles. The van der Waals surface area contributed by atoms with E-state index in [1.165, 1.54) is 0 Å². The molecule has 0 fully saturated rings. The lowest BCUT2D eigenvalue weighted by Gasteiger charge is -2.19. The Bertz CT molecular complexity index is 900. The first-order valence-electron chi connectivity index (χ1n) is 8.79. The highest BCUT2D eigenvalue weighted by Gasteiger charge is 2.22. The number of aryl methyl sites for hydroxylation is 5. The van der Waals surface area contributed by atoms with Crippen molar-refractivity contribution in [2.45, 2.75) is 40.7 Å². The van der Waals surface area contributed by atoms with Crippen molar-refractivity contribution in [1.29, 1.82) is 0 Å². The Balaban J connectivity index is 1.85. The molecule has 1 unspecified atom stereocenters. The molecule has 1 N–H and O–H groups in total. The Hall–Kier alpha value is -2.82. The van der Waals surface area contributed by atoms with Crippen molar-refractivity contribution >= 4 is 5.91 Å². The fraction of sp³-hybridized carbons (Fsp3) is 0.333. The number of hydrogen-bond acceptors (Lipinski definition) is 3. The molecule has 1 amide bonds. The van der Waals surface area contributed by atoms with Crippen LogP contribution in [0.2, 0.25) is 0 Å². The van der Waals surface area contributed by atoms with E-state index in [0.29, 0.717) is 6.54 Å². The van der Waals surface area contributed by atoms with Gasteiger partial charge in [0.2, 0.25) is 0 Å². The summed E-state index contributed by atoms with van der Waals surface area (Å²) in [7, 11) is 0. The minimum absolute atomic E-state index is 0.0712. The first-order valence-corrected chi connectivity index (χ1v) is 8.79. The maximum absolute atomic E-state index is 12.8. The predicted molar refractivity (Wildman–Crippen MR) is 102 cm³/mol. The largest absolute Gasteiger partial charge is 0.467 e.